The molecule has 0 radical (unpaired) electrons. The second-order valence-corrected chi connectivity index (χ2v) is 5.26. The van der Waals surface area contributed by atoms with Gasteiger partial charge in [-0.25, -0.2) is 0 Å². The molecule has 0 bridgehead atoms. The van der Waals surface area contributed by atoms with E-state index in [0.29, 0.717) is 6.04 Å². The summed E-state index contributed by atoms with van der Waals surface area (Å²) < 4.78 is 0. The molecule has 1 aliphatic heterocycles. The first-order chi connectivity index (χ1) is 6.90. The molecule has 1 aliphatic carbocycles. The van der Waals surface area contributed by atoms with Gasteiger partial charge >= 0.3 is 0 Å². The second kappa shape index (κ2) is 5.37. The van der Waals surface area contributed by atoms with Crippen LogP contribution in [0.15, 0.2) is 0 Å². The van der Waals surface area contributed by atoms with Crippen LogP contribution in [-0.4, -0.2) is 29.9 Å². The number of rotatable bonds is 3. The molecule has 0 aromatic heterocycles. The molecule has 82 valence electrons. The summed E-state index contributed by atoms with van der Waals surface area (Å²) in [5.74, 6) is 1.84. The highest BCUT2D eigenvalue weighted by atomic mass is 35.5. The smallest absolute Gasteiger partial charge is 0.0379 e. The molecule has 1 heterocycles. The quantitative estimate of drug-likeness (QED) is 0.654. The lowest BCUT2D eigenvalue weighted by Gasteiger charge is -2.35. The zero-order valence-electron chi connectivity index (χ0n) is 9.05. The molecule has 2 fully saturated rings. The van der Waals surface area contributed by atoms with Gasteiger partial charge in [-0.2, -0.15) is 0 Å². The van der Waals surface area contributed by atoms with Gasteiger partial charge in [-0.3, -0.25) is 4.90 Å². The van der Waals surface area contributed by atoms with E-state index >= 15 is 0 Å². The van der Waals surface area contributed by atoms with Crippen molar-refractivity contribution in [2.24, 2.45) is 5.92 Å². The third-order valence-corrected chi connectivity index (χ3v) is 4.25. The molecule has 2 heteroatoms. The maximum Gasteiger partial charge on any atom is 0.0379 e. The minimum atomic E-state index is 0.680. The van der Waals surface area contributed by atoms with Crippen molar-refractivity contribution >= 4 is 11.6 Å². The van der Waals surface area contributed by atoms with E-state index in [4.69, 9.17) is 11.6 Å². The maximum atomic E-state index is 6.05. The predicted octanol–water partition coefficient (Wildman–Crippen LogP) is 3.27. The summed E-state index contributed by atoms with van der Waals surface area (Å²) >= 11 is 6.05. The summed E-state index contributed by atoms with van der Waals surface area (Å²) in [6, 6.07) is 0.680. The Bertz CT molecular complexity index is 168. The van der Waals surface area contributed by atoms with E-state index in [2.05, 4.69) is 4.90 Å². The van der Waals surface area contributed by atoms with Gasteiger partial charge in [0.1, 0.15) is 0 Å². The SMILES string of the molecule is ClCC1CCCCCN1CC1CCC1. The number of alkyl halides is 1. The van der Waals surface area contributed by atoms with E-state index in [1.807, 2.05) is 0 Å². The first-order valence-corrected chi connectivity index (χ1v) is 6.73. The van der Waals surface area contributed by atoms with Crippen LogP contribution in [0.1, 0.15) is 44.9 Å². The van der Waals surface area contributed by atoms with E-state index in [-0.39, 0.29) is 0 Å². The molecule has 0 aromatic rings. The van der Waals surface area contributed by atoms with Gasteiger partial charge in [-0.15, -0.1) is 11.6 Å². The van der Waals surface area contributed by atoms with Gasteiger partial charge in [0.05, 0.1) is 0 Å². The number of hydrogen-bond acceptors (Lipinski definition) is 1. The minimum absolute atomic E-state index is 0.680. The zero-order valence-corrected chi connectivity index (χ0v) is 9.81. The highest BCUT2D eigenvalue weighted by Crippen LogP contribution is 2.29. The van der Waals surface area contributed by atoms with E-state index in [1.165, 1.54) is 58.0 Å². The Morgan fingerprint density at radius 1 is 1.00 bits per heavy atom. The second-order valence-electron chi connectivity index (χ2n) is 4.95. The fraction of sp³-hybridized carbons (Fsp3) is 1.00. The van der Waals surface area contributed by atoms with Crippen molar-refractivity contribution < 1.29 is 0 Å². The molecular formula is C12H22ClN. The molecule has 0 aromatic carbocycles. The average Bonchev–Trinajstić information content (AvgIpc) is 2.35. The molecule has 0 N–H and O–H groups in total. The van der Waals surface area contributed by atoms with Crippen LogP contribution in [0.4, 0.5) is 0 Å². The zero-order chi connectivity index (χ0) is 9.80. The number of likely N-dealkylation sites (tertiary alicyclic amines) is 1. The van der Waals surface area contributed by atoms with E-state index in [0.717, 1.165) is 11.8 Å². The van der Waals surface area contributed by atoms with Gasteiger partial charge in [0.2, 0.25) is 0 Å². The average molecular weight is 216 g/mol. The standard InChI is InChI=1S/C12H22ClN/c13-9-12-7-2-1-3-8-14(12)10-11-5-4-6-11/h11-12H,1-10H2. The topological polar surface area (TPSA) is 3.24 Å². The van der Waals surface area contributed by atoms with Gasteiger partial charge in [0.25, 0.3) is 0 Å². The number of nitrogens with zero attached hydrogens (tertiary/aromatic N) is 1. The largest absolute Gasteiger partial charge is 0.299 e. The number of hydrogen-bond donors (Lipinski definition) is 0. The summed E-state index contributed by atoms with van der Waals surface area (Å²) in [6.45, 7) is 2.63. The van der Waals surface area contributed by atoms with Crippen LogP contribution < -0.4 is 0 Å². The van der Waals surface area contributed by atoms with Crippen LogP contribution in [0, 0.1) is 5.92 Å². The van der Waals surface area contributed by atoms with Crippen molar-refractivity contribution in [3.8, 4) is 0 Å². The fourth-order valence-electron chi connectivity index (χ4n) is 2.66. The summed E-state index contributed by atoms with van der Waals surface area (Å²) in [4.78, 5) is 2.67. The van der Waals surface area contributed by atoms with Crippen molar-refractivity contribution in [3.05, 3.63) is 0 Å². The molecule has 2 rings (SSSR count). The van der Waals surface area contributed by atoms with E-state index < -0.39 is 0 Å². The van der Waals surface area contributed by atoms with Crippen molar-refractivity contribution in [1.29, 1.82) is 0 Å². The van der Waals surface area contributed by atoms with Crippen molar-refractivity contribution in [3.63, 3.8) is 0 Å². The Kier molecular flexibility index (Phi) is 4.12. The Hall–Kier alpha value is 0.250. The monoisotopic (exact) mass is 215 g/mol. The lowest BCUT2D eigenvalue weighted by atomic mass is 9.85. The highest BCUT2D eigenvalue weighted by Gasteiger charge is 2.25. The van der Waals surface area contributed by atoms with Gasteiger partial charge in [0.15, 0.2) is 0 Å². The molecule has 1 nitrogen and oxygen atoms in total. The molecule has 14 heavy (non-hydrogen) atoms. The van der Waals surface area contributed by atoms with Gasteiger partial charge in [-0.1, -0.05) is 19.3 Å². The summed E-state index contributed by atoms with van der Waals surface area (Å²) in [5.41, 5.74) is 0. The highest BCUT2D eigenvalue weighted by molar-refractivity contribution is 6.18. The van der Waals surface area contributed by atoms with Crippen molar-refractivity contribution in [2.45, 2.75) is 51.0 Å². The minimum Gasteiger partial charge on any atom is -0.299 e. The predicted molar refractivity (Wildman–Crippen MR) is 61.9 cm³/mol. The summed E-state index contributed by atoms with van der Waals surface area (Å²) in [7, 11) is 0. The lowest BCUT2D eigenvalue weighted by Crippen LogP contribution is -2.41. The molecule has 0 amide bonds. The van der Waals surface area contributed by atoms with Crippen LogP contribution >= 0.6 is 11.6 Å². The summed E-state index contributed by atoms with van der Waals surface area (Å²) in [5, 5.41) is 0. The lowest BCUT2D eigenvalue weighted by molar-refractivity contribution is 0.144. The van der Waals surface area contributed by atoms with Gasteiger partial charge in [-0.05, 0) is 38.1 Å². The van der Waals surface area contributed by atoms with Gasteiger partial charge < -0.3 is 0 Å². The van der Waals surface area contributed by atoms with Gasteiger partial charge in [0, 0.05) is 18.5 Å². The first kappa shape index (κ1) is 10.8. The van der Waals surface area contributed by atoms with Crippen molar-refractivity contribution in [1.82, 2.24) is 4.90 Å². The number of halogens is 1. The van der Waals surface area contributed by atoms with E-state index in [1.54, 1.807) is 0 Å². The third-order valence-electron chi connectivity index (χ3n) is 3.89. The van der Waals surface area contributed by atoms with Crippen molar-refractivity contribution in [2.75, 3.05) is 19.0 Å². The van der Waals surface area contributed by atoms with Crippen LogP contribution in [0.5, 0.6) is 0 Å². The molecule has 1 saturated carbocycles. The fourth-order valence-corrected chi connectivity index (χ4v) is 3.01. The molecule has 2 aliphatic rings. The first-order valence-electron chi connectivity index (χ1n) is 6.20. The maximum absolute atomic E-state index is 6.05. The molecular weight excluding hydrogens is 194 g/mol. The Labute approximate surface area is 92.8 Å². The van der Waals surface area contributed by atoms with Crippen LogP contribution in [0.2, 0.25) is 0 Å². The Balaban J connectivity index is 1.83. The molecule has 1 atom stereocenters. The van der Waals surface area contributed by atoms with Crippen LogP contribution in [0.25, 0.3) is 0 Å². The van der Waals surface area contributed by atoms with Crippen LogP contribution in [0.3, 0.4) is 0 Å². The molecule has 1 unspecified atom stereocenters. The van der Waals surface area contributed by atoms with Crippen LogP contribution in [-0.2, 0) is 0 Å². The normalized spacial score (nSPS) is 31.1. The Morgan fingerprint density at radius 3 is 2.50 bits per heavy atom. The summed E-state index contributed by atoms with van der Waals surface area (Å²) in [6.07, 6.45) is 9.91. The third kappa shape index (κ3) is 2.64. The van der Waals surface area contributed by atoms with E-state index in [9.17, 15) is 0 Å². The molecule has 1 saturated heterocycles. The molecule has 0 spiro atoms. The Morgan fingerprint density at radius 2 is 1.86 bits per heavy atom.